The van der Waals surface area contributed by atoms with Crippen molar-refractivity contribution in [1.29, 1.82) is 0 Å². The molecule has 16 heavy (non-hydrogen) atoms. The van der Waals surface area contributed by atoms with Crippen LogP contribution in [0.4, 0.5) is 10.2 Å². The highest BCUT2D eigenvalue weighted by molar-refractivity contribution is 6.58. The molecular weight excluding hydrogens is 214 g/mol. The van der Waals surface area contributed by atoms with Crippen LogP contribution in [0.2, 0.25) is 0 Å². The average Bonchev–Trinajstić information content (AvgIpc) is 2.30. The fraction of sp³-hybridized carbons (Fsp3) is 0.444. The summed E-state index contributed by atoms with van der Waals surface area (Å²) >= 11 is 0. The van der Waals surface area contributed by atoms with E-state index in [2.05, 4.69) is 4.98 Å². The molecule has 1 fully saturated rings. The topological polar surface area (TPSA) is 65.8 Å². The number of ether oxygens (including phenoxy) is 1. The van der Waals surface area contributed by atoms with E-state index in [1.807, 2.05) is 0 Å². The second kappa shape index (κ2) is 4.77. The molecule has 1 aliphatic heterocycles. The molecule has 0 aromatic carbocycles. The van der Waals surface area contributed by atoms with Gasteiger partial charge in [-0.3, -0.25) is 0 Å². The predicted molar refractivity (Wildman–Crippen MR) is 57.1 cm³/mol. The Hall–Kier alpha value is -1.18. The zero-order valence-electron chi connectivity index (χ0n) is 8.64. The minimum atomic E-state index is -1.82. The molecule has 0 unspecified atom stereocenters. The van der Waals surface area contributed by atoms with Gasteiger partial charge in [0.25, 0.3) is 0 Å². The first-order chi connectivity index (χ1) is 7.70. The largest absolute Gasteiger partial charge is 0.491 e. The number of halogens is 1. The molecule has 7 heteroatoms. The average molecular weight is 226 g/mol. The van der Waals surface area contributed by atoms with Crippen LogP contribution >= 0.6 is 0 Å². The van der Waals surface area contributed by atoms with Gasteiger partial charge < -0.3 is 19.7 Å². The Morgan fingerprint density at radius 1 is 1.38 bits per heavy atom. The summed E-state index contributed by atoms with van der Waals surface area (Å²) in [5.74, 6) is -0.534. The van der Waals surface area contributed by atoms with Crippen molar-refractivity contribution in [2.75, 3.05) is 31.2 Å². The molecule has 1 saturated heterocycles. The van der Waals surface area contributed by atoms with Gasteiger partial charge in [-0.15, -0.1) is 0 Å². The minimum Gasteiger partial charge on any atom is -0.423 e. The molecule has 1 aliphatic rings. The molecule has 0 aliphatic carbocycles. The molecule has 0 amide bonds. The third kappa shape index (κ3) is 2.16. The Labute approximate surface area is 92.6 Å². The van der Waals surface area contributed by atoms with Crippen LogP contribution < -0.4 is 10.4 Å². The van der Waals surface area contributed by atoms with Crippen LogP contribution in [0.25, 0.3) is 0 Å². The zero-order chi connectivity index (χ0) is 11.5. The normalized spacial score (nSPS) is 16.3. The highest BCUT2D eigenvalue weighted by Gasteiger charge is 2.23. The lowest BCUT2D eigenvalue weighted by atomic mass is 9.80. The van der Waals surface area contributed by atoms with Crippen LogP contribution in [0.1, 0.15) is 0 Å². The number of pyridine rings is 1. The molecule has 1 aromatic rings. The van der Waals surface area contributed by atoms with E-state index in [0.717, 1.165) is 0 Å². The SMILES string of the molecule is OB(O)c1ccnc(N2CCOCC2)c1F. The first-order valence-electron chi connectivity index (χ1n) is 5.03. The maximum Gasteiger partial charge on any atom is 0.491 e. The van der Waals surface area contributed by atoms with Crippen molar-refractivity contribution < 1.29 is 19.2 Å². The van der Waals surface area contributed by atoms with E-state index in [-0.39, 0.29) is 11.3 Å². The van der Waals surface area contributed by atoms with Gasteiger partial charge in [0.1, 0.15) is 0 Å². The summed E-state index contributed by atoms with van der Waals surface area (Å²) in [5.41, 5.74) is -0.156. The van der Waals surface area contributed by atoms with Crippen LogP contribution in [0, 0.1) is 5.82 Å². The smallest absolute Gasteiger partial charge is 0.423 e. The summed E-state index contributed by atoms with van der Waals surface area (Å²) in [4.78, 5) is 5.65. The van der Waals surface area contributed by atoms with Crippen LogP contribution in [0.5, 0.6) is 0 Å². The summed E-state index contributed by atoms with van der Waals surface area (Å²) in [6.45, 7) is 2.14. The van der Waals surface area contributed by atoms with Gasteiger partial charge >= 0.3 is 7.12 Å². The van der Waals surface area contributed by atoms with Crippen LogP contribution in [-0.4, -0.2) is 48.5 Å². The Morgan fingerprint density at radius 3 is 2.69 bits per heavy atom. The number of nitrogens with zero attached hydrogens (tertiary/aromatic N) is 2. The molecule has 5 nitrogen and oxygen atoms in total. The zero-order valence-corrected chi connectivity index (χ0v) is 8.64. The van der Waals surface area contributed by atoms with Crippen molar-refractivity contribution in [3.63, 3.8) is 0 Å². The third-order valence-corrected chi connectivity index (χ3v) is 2.49. The molecule has 2 N–H and O–H groups in total. The van der Waals surface area contributed by atoms with E-state index in [1.165, 1.54) is 12.3 Å². The third-order valence-electron chi connectivity index (χ3n) is 2.49. The second-order valence-electron chi connectivity index (χ2n) is 3.51. The van der Waals surface area contributed by atoms with Crippen molar-refractivity contribution in [2.45, 2.75) is 0 Å². The maximum atomic E-state index is 13.8. The molecule has 0 atom stereocenters. The number of morpholine rings is 1. The molecule has 0 bridgehead atoms. The molecule has 86 valence electrons. The molecule has 2 heterocycles. The summed E-state index contributed by atoms with van der Waals surface area (Å²) in [6, 6.07) is 1.25. The Morgan fingerprint density at radius 2 is 2.06 bits per heavy atom. The fourth-order valence-electron chi connectivity index (χ4n) is 1.64. The molecule has 0 radical (unpaired) electrons. The van der Waals surface area contributed by atoms with Crippen molar-refractivity contribution in [2.24, 2.45) is 0 Å². The number of rotatable bonds is 2. The van der Waals surface area contributed by atoms with Crippen LogP contribution in [-0.2, 0) is 4.74 Å². The van der Waals surface area contributed by atoms with Crippen LogP contribution in [0.3, 0.4) is 0 Å². The monoisotopic (exact) mass is 226 g/mol. The molecule has 0 spiro atoms. The van der Waals surface area contributed by atoms with E-state index < -0.39 is 12.9 Å². The van der Waals surface area contributed by atoms with Gasteiger partial charge in [-0.1, -0.05) is 0 Å². The lowest BCUT2D eigenvalue weighted by Crippen LogP contribution is -2.40. The number of hydrogen-bond donors (Lipinski definition) is 2. The Kier molecular flexibility index (Phi) is 3.38. The standard InChI is InChI=1S/C9H12BFN2O3/c11-8-7(10(14)15)1-2-12-9(8)13-3-5-16-6-4-13/h1-2,14-15H,3-6H2. The number of anilines is 1. The minimum absolute atomic E-state index is 0.147. The molecule has 0 saturated carbocycles. The Balaban J connectivity index is 2.29. The van der Waals surface area contributed by atoms with Gasteiger partial charge in [0.05, 0.1) is 13.2 Å². The lowest BCUT2D eigenvalue weighted by Gasteiger charge is -2.28. The van der Waals surface area contributed by atoms with Gasteiger partial charge in [0.2, 0.25) is 0 Å². The van der Waals surface area contributed by atoms with E-state index >= 15 is 0 Å². The van der Waals surface area contributed by atoms with Gasteiger partial charge in [0.15, 0.2) is 11.6 Å². The highest BCUT2D eigenvalue weighted by Crippen LogP contribution is 2.15. The number of aromatic nitrogens is 1. The lowest BCUT2D eigenvalue weighted by molar-refractivity contribution is 0.122. The summed E-state index contributed by atoms with van der Waals surface area (Å²) in [6.07, 6.45) is 1.36. The van der Waals surface area contributed by atoms with Gasteiger partial charge in [0, 0.05) is 24.7 Å². The van der Waals surface area contributed by atoms with E-state index in [4.69, 9.17) is 14.8 Å². The van der Waals surface area contributed by atoms with Crippen molar-refractivity contribution in [1.82, 2.24) is 4.98 Å². The first kappa shape index (κ1) is 11.3. The summed E-state index contributed by atoms with van der Waals surface area (Å²) < 4.78 is 19.0. The Bertz CT molecular complexity index is 372. The van der Waals surface area contributed by atoms with Gasteiger partial charge in [-0.2, -0.15) is 0 Å². The maximum absolute atomic E-state index is 13.8. The number of hydrogen-bond acceptors (Lipinski definition) is 5. The highest BCUT2D eigenvalue weighted by atomic mass is 19.1. The summed E-state index contributed by atoms with van der Waals surface area (Å²) in [7, 11) is -1.82. The predicted octanol–water partition coefficient (Wildman–Crippen LogP) is -1.26. The molecule has 1 aromatic heterocycles. The van der Waals surface area contributed by atoms with E-state index in [0.29, 0.717) is 26.3 Å². The molecule has 2 rings (SSSR count). The molecular formula is C9H12BFN2O3. The van der Waals surface area contributed by atoms with Gasteiger partial charge in [-0.25, -0.2) is 9.37 Å². The summed E-state index contributed by atoms with van der Waals surface area (Å²) in [5, 5.41) is 17.9. The van der Waals surface area contributed by atoms with Crippen molar-refractivity contribution in [3.8, 4) is 0 Å². The quantitative estimate of drug-likeness (QED) is 0.616. The van der Waals surface area contributed by atoms with E-state index in [9.17, 15) is 4.39 Å². The first-order valence-corrected chi connectivity index (χ1v) is 5.03. The van der Waals surface area contributed by atoms with Crippen LogP contribution in [0.15, 0.2) is 12.3 Å². The van der Waals surface area contributed by atoms with Crippen molar-refractivity contribution in [3.05, 3.63) is 18.1 Å². The second-order valence-corrected chi connectivity index (χ2v) is 3.51. The van der Waals surface area contributed by atoms with E-state index in [1.54, 1.807) is 4.90 Å². The fourth-order valence-corrected chi connectivity index (χ4v) is 1.64. The van der Waals surface area contributed by atoms with Gasteiger partial charge in [-0.05, 0) is 6.07 Å². The van der Waals surface area contributed by atoms with Crippen molar-refractivity contribution >= 4 is 18.4 Å².